The summed E-state index contributed by atoms with van der Waals surface area (Å²) in [5.41, 5.74) is 11.5. The van der Waals surface area contributed by atoms with E-state index in [4.69, 9.17) is 0 Å². The first-order valence-corrected chi connectivity index (χ1v) is 18.2. The van der Waals surface area contributed by atoms with E-state index in [-0.39, 0.29) is 5.41 Å². The fourth-order valence-corrected chi connectivity index (χ4v) is 11.4. The third-order valence-electron chi connectivity index (χ3n) is 11.0. The summed E-state index contributed by atoms with van der Waals surface area (Å²) in [5, 5.41) is 6.74. The number of hydrogen-bond donors (Lipinski definition) is 0. The minimum atomic E-state index is -0.783. The molecule has 48 heavy (non-hydrogen) atoms. The second-order valence-electron chi connectivity index (χ2n) is 13.7. The quantitative estimate of drug-likeness (QED) is 0.171. The van der Waals surface area contributed by atoms with Gasteiger partial charge in [-0.25, -0.2) is 0 Å². The van der Waals surface area contributed by atoms with Crippen LogP contribution in [0, 0.1) is 0 Å². The molecule has 2 heterocycles. The highest BCUT2D eigenvalue weighted by atomic mass is 31.1. The maximum Gasteiger partial charge on any atom is 0.0748 e. The molecule has 1 aliphatic carbocycles. The normalized spacial score (nSPS) is 17.0. The molecule has 0 bridgehead atoms. The van der Waals surface area contributed by atoms with Crippen molar-refractivity contribution < 1.29 is 0 Å². The van der Waals surface area contributed by atoms with Gasteiger partial charge in [-0.1, -0.05) is 166 Å². The lowest BCUT2D eigenvalue weighted by Crippen LogP contribution is -2.44. The Morgan fingerprint density at radius 1 is 0.417 bits per heavy atom. The molecule has 1 spiro atoms. The van der Waals surface area contributed by atoms with E-state index in [1.54, 1.807) is 0 Å². The number of para-hydroxylation sites is 3. The predicted octanol–water partition coefficient (Wildman–Crippen LogP) is 9.88. The van der Waals surface area contributed by atoms with Crippen LogP contribution >= 0.6 is 7.92 Å². The van der Waals surface area contributed by atoms with Crippen LogP contribution in [-0.2, 0) is 10.8 Å². The van der Waals surface area contributed by atoms with Crippen molar-refractivity contribution in [2.45, 2.75) is 24.7 Å². The minimum Gasteiger partial charge on any atom is -0.309 e. The SMILES string of the molecule is CC1(C)c2ccccc2C2(c3ccccc3-n3c4ccccc4c4cccc2c43)c2cc(P(c3ccccc3)c3ccccc3)ccc21. The Kier molecular flexibility index (Phi) is 5.88. The van der Waals surface area contributed by atoms with Gasteiger partial charge in [-0.15, -0.1) is 0 Å². The van der Waals surface area contributed by atoms with Crippen LogP contribution < -0.4 is 15.9 Å². The Morgan fingerprint density at radius 3 is 1.73 bits per heavy atom. The molecule has 2 aliphatic rings. The second kappa shape index (κ2) is 10.1. The van der Waals surface area contributed by atoms with Crippen LogP contribution in [0.2, 0.25) is 0 Å². The Morgan fingerprint density at radius 2 is 0.979 bits per heavy atom. The summed E-state index contributed by atoms with van der Waals surface area (Å²) in [6.45, 7) is 4.83. The molecular formula is C46H34NP. The van der Waals surface area contributed by atoms with Crippen LogP contribution in [0.25, 0.3) is 27.5 Å². The van der Waals surface area contributed by atoms with Crippen molar-refractivity contribution in [2.24, 2.45) is 0 Å². The van der Waals surface area contributed by atoms with Crippen LogP contribution in [0.15, 0.2) is 170 Å². The third kappa shape index (κ3) is 3.55. The molecule has 0 amide bonds. The van der Waals surface area contributed by atoms with Gasteiger partial charge in [-0.3, -0.25) is 0 Å². The second-order valence-corrected chi connectivity index (χ2v) is 15.9. The van der Waals surface area contributed by atoms with E-state index >= 15 is 0 Å². The van der Waals surface area contributed by atoms with Crippen molar-refractivity contribution in [1.29, 1.82) is 0 Å². The number of benzene rings is 7. The lowest BCUT2D eigenvalue weighted by atomic mass is 9.53. The maximum absolute atomic E-state index is 2.60. The van der Waals surface area contributed by atoms with Gasteiger partial charge in [0.1, 0.15) is 0 Å². The fraction of sp³-hybridized carbons (Fsp3) is 0.0870. The average Bonchev–Trinajstić information content (AvgIpc) is 3.48. The lowest BCUT2D eigenvalue weighted by Gasteiger charge is -2.50. The number of aromatic nitrogens is 1. The Hall–Kier alpha value is -5.23. The summed E-state index contributed by atoms with van der Waals surface area (Å²) in [6, 6.07) is 64.1. The van der Waals surface area contributed by atoms with E-state index in [0.717, 1.165) is 0 Å². The molecule has 0 fully saturated rings. The molecule has 2 heteroatoms. The van der Waals surface area contributed by atoms with Gasteiger partial charge in [-0.05, 0) is 75.4 Å². The van der Waals surface area contributed by atoms with Gasteiger partial charge < -0.3 is 4.57 Å². The van der Waals surface area contributed by atoms with Gasteiger partial charge in [0.05, 0.1) is 22.1 Å². The van der Waals surface area contributed by atoms with Gasteiger partial charge in [0.15, 0.2) is 0 Å². The predicted molar refractivity (Wildman–Crippen MR) is 203 cm³/mol. The molecule has 228 valence electrons. The first-order chi connectivity index (χ1) is 23.6. The van der Waals surface area contributed by atoms with Gasteiger partial charge in [0, 0.05) is 16.2 Å². The number of fused-ring (bicyclic) bond motifs is 11. The third-order valence-corrected chi connectivity index (χ3v) is 13.4. The van der Waals surface area contributed by atoms with E-state index in [1.807, 2.05) is 0 Å². The van der Waals surface area contributed by atoms with E-state index in [2.05, 4.69) is 188 Å². The molecule has 7 aromatic carbocycles. The molecule has 1 atom stereocenters. The van der Waals surface area contributed by atoms with E-state index < -0.39 is 13.3 Å². The highest BCUT2D eigenvalue weighted by Crippen LogP contribution is 2.60. The van der Waals surface area contributed by atoms with Gasteiger partial charge in [0.25, 0.3) is 0 Å². The average molecular weight is 632 g/mol. The summed E-state index contributed by atoms with van der Waals surface area (Å²) in [5.74, 6) is 0. The Balaban J connectivity index is 1.39. The summed E-state index contributed by atoms with van der Waals surface area (Å²) in [7, 11) is -0.783. The van der Waals surface area contributed by atoms with E-state index in [9.17, 15) is 0 Å². The Bertz CT molecular complexity index is 2500. The summed E-state index contributed by atoms with van der Waals surface area (Å²) >= 11 is 0. The zero-order chi connectivity index (χ0) is 32.0. The van der Waals surface area contributed by atoms with Crippen molar-refractivity contribution in [2.75, 3.05) is 0 Å². The highest BCUT2D eigenvalue weighted by Gasteiger charge is 2.52. The van der Waals surface area contributed by atoms with E-state index in [0.29, 0.717) is 0 Å². The highest BCUT2D eigenvalue weighted by molar-refractivity contribution is 7.79. The standard InChI is InChI=1S/C46H34NP/c1-45(2)36-22-10-11-23-38(36)46(41-30-33(28-29-37(41)45)48(31-16-5-3-6-17-31)32-18-7-4-8-19-32)39-24-12-14-27-43(39)47-42-26-13-9-20-34(42)35-21-15-25-40(46)44(35)47/h3-30H,1-2H3. The molecule has 0 radical (unpaired) electrons. The lowest BCUT2D eigenvalue weighted by molar-refractivity contribution is 0.556. The smallest absolute Gasteiger partial charge is 0.0748 e. The molecule has 8 aromatic rings. The molecule has 0 saturated carbocycles. The molecule has 1 aromatic heterocycles. The monoisotopic (exact) mass is 631 g/mol. The summed E-state index contributed by atoms with van der Waals surface area (Å²) in [6.07, 6.45) is 0. The van der Waals surface area contributed by atoms with Crippen molar-refractivity contribution in [3.8, 4) is 5.69 Å². The number of hydrogen-bond acceptors (Lipinski definition) is 0. The molecule has 0 N–H and O–H groups in total. The molecule has 0 saturated heterocycles. The topological polar surface area (TPSA) is 4.93 Å². The van der Waals surface area contributed by atoms with Crippen LogP contribution in [0.5, 0.6) is 0 Å². The summed E-state index contributed by atoms with van der Waals surface area (Å²) < 4.78 is 2.54. The molecule has 1 nitrogen and oxygen atoms in total. The zero-order valence-corrected chi connectivity index (χ0v) is 28.0. The minimum absolute atomic E-state index is 0.176. The van der Waals surface area contributed by atoms with E-state index in [1.165, 1.54) is 76.8 Å². The van der Waals surface area contributed by atoms with Crippen LogP contribution in [0.1, 0.15) is 47.2 Å². The van der Waals surface area contributed by atoms with Crippen molar-refractivity contribution >= 4 is 45.6 Å². The zero-order valence-electron chi connectivity index (χ0n) is 27.1. The van der Waals surface area contributed by atoms with Gasteiger partial charge in [0.2, 0.25) is 0 Å². The van der Waals surface area contributed by atoms with Gasteiger partial charge in [-0.2, -0.15) is 0 Å². The molecule has 1 aliphatic heterocycles. The maximum atomic E-state index is 2.60. The molecule has 10 rings (SSSR count). The van der Waals surface area contributed by atoms with Crippen molar-refractivity contribution in [1.82, 2.24) is 4.57 Å². The Labute approximate surface area is 282 Å². The van der Waals surface area contributed by atoms with Gasteiger partial charge >= 0.3 is 0 Å². The van der Waals surface area contributed by atoms with Crippen LogP contribution in [0.4, 0.5) is 0 Å². The van der Waals surface area contributed by atoms with Crippen molar-refractivity contribution in [3.63, 3.8) is 0 Å². The van der Waals surface area contributed by atoms with Crippen LogP contribution in [-0.4, -0.2) is 4.57 Å². The summed E-state index contributed by atoms with van der Waals surface area (Å²) in [4.78, 5) is 0. The molecular weight excluding hydrogens is 597 g/mol. The number of rotatable bonds is 3. The first kappa shape index (κ1) is 27.8. The first-order valence-electron chi connectivity index (χ1n) is 16.9. The fourth-order valence-electron chi connectivity index (χ4n) is 9.06. The molecule has 1 unspecified atom stereocenters. The largest absolute Gasteiger partial charge is 0.309 e. The number of nitrogens with zero attached hydrogens (tertiary/aromatic N) is 1. The van der Waals surface area contributed by atoms with Crippen molar-refractivity contribution in [3.05, 3.63) is 203 Å². The van der Waals surface area contributed by atoms with Crippen LogP contribution in [0.3, 0.4) is 0 Å².